The molecular formula is C10H20KNO2-2. The molecular weight excluding hydrogens is 205 g/mol. The van der Waals surface area contributed by atoms with E-state index in [1.54, 1.807) is 6.92 Å². The zero-order valence-corrected chi connectivity index (χ0v) is 12.8. The van der Waals surface area contributed by atoms with Gasteiger partial charge in [-0.05, 0) is 19.4 Å². The van der Waals surface area contributed by atoms with E-state index >= 15 is 0 Å². The molecule has 1 N–H and O–H groups in total. The van der Waals surface area contributed by atoms with Gasteiger partial charge in [-0.3, -0.25) is 5.32 Å². The van der Waals surface area contributed by atoms with Crippen LogP contribution in [-0.4, -0.2) is 19.2 Å². The Balaban J connectivity index is -0.000000176. The molecule has 0 unspecified atom stereocenters. The summed E-state index contributed by atoms with van der Waals surface area (Å²) in [5, 5.41) is 2.97. The van der Waals surface area contributed by atoms with Gasteiger partial charge in [-0.2, -0.15) is 13.3 Å². The van der Waals surface area contributed by atoms with Crippen LogP contribution in [0, 0.1) is 13.8 Å². The van der Waals surface area contributed by atoms with E-state index in [-0.39, 0.29) is 57.6 Å². The van der Waals surface area contributed by atoms with E-state index in [4.69, 9.17) is 0 Å². The molecule has 0 saturated carbocycles. The van der Waals surface area contributed by atoms with Gasteiger partial charge in [0, 0.05) is 0 Å². The molecule has 0 aromatic rings. The Morgan fingerprint density at radius 1 is 1.57 bits per heavy atom. The third-order valence-corrected chi connectivity index (χ3v) is 1.21. The molecule has 0 aromatic carbocycles. The molecule has 0 radical (unpaired) electrons. The molecule has 1 aliphatic heterocycles. The zero-order valence-electron chi connectivity index (χ0n) is 9.64. The van der Waals surface area contributed by atoms with Gasteiger partial charge in [0.2, 0.25) is 0 Å². The van der Waals surface area contributed by atoms with Crippen LogP contribution < -0.4 is 56.7 Å². The first-order valence-corrected chi connectivity index (χ1v) is 4.61. The predicted molar refractivity (Wildman–Crippen MR) is 54.5 cm³/mol. The van der Waals surface area contributed by atoms with Crippen LogP contribution in [0.15, 0.2) is 0 Å². The summed E-state index contributed by atoms with van der Waals surface area (Å²) in [5.41, 5.74) is 0. The summed E-state index contributed by atoms with van der Waals surface area (Å²) in [6, 6.07) is 0. The van der Waals surface area contributed by atoms with Gasteiger partial charge in [0.05, 0.1) is 0 Å². The summed E-state index contributed by atoms with van der Waals surface area (Å²) in [7, 11) is 0. The molecule has 1 fully saturated rings. The molecule has 1 aliphatic rings. The van der Waals surface area contributed by atoms with E-state index in [1.165, 1.54) is 6.47 Å². The van der Waals surface area contributed by atoms with Crippen LogP contribution in [0.3, 0.4) is 0 Å². The van der Waals surface area contributed by atoms with Crippen molar-refractivity contribution in [3.8, 4) is 0 Å². The minimum atomic E-state index is -0.0625. The van der Waals surface area contributed by atoms with Crippen molar-refractivity contribution in [3.63, 3.8) is 0 Å². The van der Waals surface area contributed by atoms with Crippen molar-refractivity contribution >= 4 is 6.47 Å². The standard InChI is InChI=1S/C5H8NO2.C3H7.C2H5.K/c7-4-8-5-2-1-3-6-5;1-3-2;1-2;/h5-6H,1-3H2;1,3H2,2H3;1H2,2H3;/q3*-1;+1/t5-;;;/m0.../s1. The summed E-state index contributed by atoms with van der Waals surface area (Å²) in [4.78, 5) is 9.57. The van der Waals surface area contributed by atoms with Gasteiger partial charge >= 0.3 is 51.4 Å². The molecule has 0 bridgehead atoms. The van der Waals surface area contributed by atoms with Crippen molar-refractivity contribution < 1.29 is 60.9 Å². The molecule has 1 atom stereocenters. The quantitative estimate of drug-likeness (QED) is 0.477. The molecule has 1 saturated heterocycles. The van der Waals surface area contributed by atoms with Gasteiger partial charge in [-0.1, -0.05) is 13.4 Å². The van der Waals surface area contributed by atoms with Crippen molar-refractivity contribution in [2.24, 2.45) is 0 Å². The molecule has 4 heteroatoms. The van der Waals surface area contributed by atoms with Crippen LogP contribution in [0.4, 0.5) is 0 Å². The zero-order chi connectivity index (χ0) is 10.5. The molecule has 0 amide bonds. The fraction of sp³-hybridized carbons (Fsp3) is 0.700. The number of hydrogen-bond donors (Lipinski definition) is 1. The number of nitrogens with one attached hydrogen (secondary N) is 1. The van der Waals surface area contributed by atoms with Gasteiger partial charge < -0.3 is 23.4 Å². The van der Waals surface area contributed by atoms with Crippen molar-refractivity contribution in [1.82, 2.24) is 5.32 Å². The molecule has 3 nitrogen and oxygen atoms in total. The van der Waals surface area contributed by atoms with Crippen LogP contribution in [0.25, 0.3) is 0 Å². The van der Waals surface area contributed by atoms with Crippen molar-refractivity contribution in [1.29, 1.82) is 0 Å². The number of ether oxygens (including phenoxy) is 1. The Bertz CT molecular complexity index is 96.1. The SMILES string of the molecule is O=[C-]O[C@H]1CCCN1.[CH2-]C.[CH2-]CC.[K+]. The topological polar surface area (TPSA) is 38.3 Å². The normalized spacial score (nSPS) is 17.6. The molecule has 0 spiro atoms. The van der Waals surface area contributed by atoms with Crippen molar-refractivity contribution in [3.05, 3.63) is 13.8 Å². The van der Waals surface area contributed by atoms with Gasteiger partial charge in [0.25, 0.3) is 0 Å². The Morgan fingerprint density at radius 2 is 2.07 bits per heavy atom. The third kappa shape index (κ3) is 15.5. The summed E-state index contributed by atoms with van der Waals surface area (Å²) < 4.78 is 4.49. The third-order valence-electron chi connectivity index (χ3n) is 1.21. The minimum Gasteiger partial charge on any atom is -0.640 e. The average Bonchev–Trinajstić information content (AvgIpc) is 2.63. The maximum absolute atomic E-state index is 9.57. The fourth-order valence-electron chi connectivity index (χ4n) is 0.811. The van der Waals surface area contributed by atoms with Crippen LogP contribution in [0.1, 0.15) is 33.1 Å². The summed E-state index contributed by atoms with van der Waals surface area (Å²) in [6.45, 7) is 12.8. The smallest absolute Gasteiger partial charge is 0.640 e. The Hall–Kier alpha value is 1.07. The van der Waals surface area contributed by atoms with E-state index in [0.717, 1.165) is 25.8 Å². The minimum absolute atomic E-state index is 0. The maximum Gasteiger partial charge on any atom is 1.00 e. The largest absolute Gasteiger partial charge is 1.00 e. The molecule has 0 aromatic heterocycles. The molecule has 80 valence electrons. The van der Waals surface area contributed by atoms with Crippen LogP contribution in [0.2, 0.25) is 0 Å². The molecule has 0 aliphatic carbocycles. The summed E-state index contributed by atoms with van der Waals surface area (Å²) in [5.74, 6) is 0. The average molecular weight is 225 g/mol. The van der Waals surface area contributed by atoms with E-state index in [9.17, 15) is 4.79 Å². The predicted octanol–water partition coefficient (Wildman–Crippen LogP) is -1.15. The second kappa shape index (κ2) is 19.6. The number of hydrogen-bond acceptors (Lipinski definition) is 3. The van der Waals surface area contributed by atoms with Crippen LogP contribution >= 0.6 is 0 Å². The number of carbonyl (C=O) groups excluding carboxylic acids is 1. The fourth-order valence-corrected chi connectivity index (χ4v) is 0.811. The van der Waals surface area contributed by atoms with Gasteiger partial charge in [0.1, 0.15) is 6.23 Å². The second-order valence-electron chi connectivity index (χ2n) is 2.29. The molecule has 1 rings (SSSR count). The summed E-state index contributed by atoms with van der Waals surface area (Å²) >= 11 is 0. The molecule has 14 heavy (non-hydrogen) atoms. The Kier molecular flexibility index (Phi) is 28.7. The van der Waals surface area contributed by atoms with Crippen molar-refractivity contribution in [2.45, 2.75) is 39.3 Å². The number of rotatable bonds is 2. The first-order chi connectivity index (χ1) is 6.35. The van der Waals surface area contributed by atoms with E-state index in [1.807, 2.05) is 6.92 Å². The van der Waals surface area contributed by atoms with Gasteiger partial charge in [0.15, 0.2) is 0 Å². The Labute approximate surface area is 131 Å². The molecule has 1 heterocycles. The van der Waals surface area contributed by atoms with E-state index in [2.05, 4.69) is 23.9 Å². The summed E-state index contributed by atoms with van der Waals surface area (Å²) in [6.07, 6.45) is 2.95. The van der Waals surface area contributed by atoms with E-state index in [0.29, 0.717) is 0 Å². The van der Waals surface area contributed by atoms with Crippen LogP contribution in [0.5, 0.6) is 0 Å². The van der Waals surface area contributed by atoms with Crippen LogP contribution in [-0.2, 0) is 9.53 Å². The van der Waals surface area contributed by atoms with E-state index < -0.39 is 0 Å². The Morgan fingerprint density at radius 3 is 2.36 bits per heavy atom. The van der Waals surface area contributed by atoms with Gasteiger partial charge in [-0.15, -0.1) is 0 Å². The monoisotopic (exact) mass is 225 g/mol. The second-order valence-corrected chi connectivity index (χ2v) is 2.29. The van der Waals surface area contributed by atoms with Crippen molar-refractivity contribution in [2.75, 3.05) is 6.54 Å². The maximum atomic E-state index is 9.57. The van der Waals surface area contributed by atoms with Gasteiger partial charge in [-0.25, -0.2) is 0 Å². The first kappa shape index (κ1) is 20.5. The first-order valence-electron chi connectivity index (χ1n) is 4.61.